The lowest BCUT2D eigenvalue weighted by molar-refractivity contribution is 0.412. The second-order valence-electron chi connectivity index (χ2n) is 5.17. The van der Waals surface area contributed by atoms with E-state index in [2.05, 4.69) is 15.4 Å². The van der Waals surface area contributed by atoms with Gasteiger partial charge in [0.25, 0.3) is 5.56 Å². The molecule has 6 nitrogen and oxygen atoms in total. The molecule has 2 aromatic rings. The Morgan fingerprint density at radius 2 is 2.24 bits per heavy atom. The topological polar surface area (TPSA) is 69.0 Å². The van der Waals surface area contributed by atoms with Gasteiger partial charge in [-0.3, -0.25) is 9.78 Å². The minimum atomic E-state index is -0.120. The summed E-state index contributed by atoms with van der Waals surface area (Å²) in [6.45, 7) is 3.15. The SMILES string of the molecule is COc1cc(C)nc(Cn2nc3c(cc2=O)NCCC3)c1. The zero-order valence-corrected chi connectivity index (χ0v) is 12.2. The number of hydrogen-bond acceptors (Lipinski definition) is 5. The molecule has 1 aliphatic heterocycles. The summed E-state index contributed by atoms with van der Waals surface area (Å²) in [5, 5.41) is 7.66. The fourth-order valence-electron chi connectivity index (χ4n) is 2.52. The first-order valence-electron chi connectivity index (χ1n) is 7.02. The number of aryl methyl sites for hydroxylation is 2. The summed E-state index contributed by atoms with van der Waals surface area (Å²) in [6.07, 6.45) is 1.93. The molecule has 0 saturated carbocycles. The summed E-state index contributed by atoms with van der Waals surface area (Å²) in [7, 11) is 1.62. The van der Waals surface area contributed by atoms with Crippen molar-refractivity contribution in [3.63, 3.8) is 0 Å². The van der Waals surface area contributed by atoms with Crippen molar-refractivity contribution >= 4 is 5.69 Å². The Morgan fingerprint density at radius 1 is 1.38 bits per heavy atom. The molecule has 2 aromatic heterocycles. The van der Waals surface area contributed by atoms with Gasteiger partial charge in [0.05, 0.1) is 30.7 Å². The molecule has 1 N–H and O–H groups in total. The van der Waals surface area contributed by atoms with Gasteiger partial charge < -0.3 is 10.1 Å². The standard InChI is InChI=1S/C15H18N4O2/c1-10-6-12(21-2)7-11(17-10)9-19-15(20)8-14-13(18-19)4-3-5-16-14/h6-8,16H,3-5,9H2,1-2H3. The van der Waals surface area contributed by atoms with Gasteiger partial charge in [-0.1, -0.05) is 0 Å². The highest BCUT2D eigenvalue weighted by molar-refractivity contribution is 5.48. The number of methoxy groups -OCH3 is 1. The molecule has 110 valence electrons. The maximum atomic E-state index is 12.1. The van der Waals surface area contributed by atoms with Crippen LogP contribution in [0.3, 0.4) is 0 Å². The first kappa shape index (κ1) is 13.6. The highest BCUT2D eigenvalue weighted by atomic mass is 16.5. The van der Waals surface area contributed by atoms with E-state index in [0.29, 0.717) is 6.54 Å². The molecule has 0 unspecified atom stereocenters. The Bertz CT molecular complexity index is 724. The van der Waals surface area contributed by atoms with Crippen molar-refractivity contribution in [1.29, 1.82) is 0 Å². The molecule has 0 aromatic carbocycles. The molecule has 0 radical (unpaired) electrons. The summed E-state index contributed by atoms with van der Waals surface area (Å²) < 4.78 is 6.70. The van der Waals surface area contributed by atoms with Crippen LogP contribution in [0.1, 0.15) is 23.5 Å². The van der Waals surface area contributed by atoms with Crippen LogP contribution < -0.4 is 15.6 Å². The lowest BCUT2D eigenvalue weighted by Gasteiger charge is -2.17. The van der Waals surface area contributed by atoms with Gasteiger partial charge in [-0.15, -0.1) is 0 Å². The molecular formula is C15H18N4O2. The molecule has 6 heteroatoms. The van der Waals surface area contributed by atoms with Crippen LogP contribution in [-0.4, -0.2) is 28.4 Å². The number of anilines is 1. The first-order chi connectivity index (χ1) is 10.2. The maximum absolute atomic E-state index is 12.1. The smallest absolute Gasteiger partial charge is 0.269 e. The lowest BCUT2D eigenvalue weighted by atomic mass is 10.1. The van der Waals surface area contributed by atoms with Gasteiger partial charge in [-0.25, -0.2) is 4.68 Å². The van der Waals surface area contributed by atoms with Gasteiger partial charge in [0.1, 0.15) is 5.75 Å². The van der Waals surface area contributed by atoms with Crippen molar-refractivity contribution in [1.82, 2.24) is 14.8 Å². The zero-order chi connectivity index (χ0) is 14.8. The monoisotopic (exact) mass is 286 g/mol. The first-order valence-corrected chi connectivity index (χ1v) is 7.02. The van der Waals surface area contributed by atoms with Crippen LogP contribution in [0.4, 0.5) is 5.69 Å². The number of aromatic nitrogens is 3. The summed E-state index contributed by atoms with van der Waals surface area (Å²) >= 11 is 0. The molecule has 0 amide bonds. The fourth-order valence-corrected chi connectivity index (χ4v) is 2.52. The van der Waals surface area contributed by atoms with Crippen LogP contribution in [0, 0.1) is 6.92 Å². The van der Waals surface area contributed by atoms with Crippen molar-refractivity contribution in [2.75, 3.05) is 19.0 Å². The normalized spacial score (nSPS) is 13.4. The highest BCUT2D eigenvalue weighted by Crippen LogP contribution is 2.17. The van der Waals surface area contributed by atoms with Crippen molar-refractivity contribution in [2.24, 2.45) is 0 Å². The maximum Gasteiger partial charge on any atom is 0.269 e. The molecule has 1 aliphatic rings. The third kappa shape index (κ3) is 2.89. The predicted molar refractivity (Wildman–Crippen MR) is 79.9 cm³/mol. The zero-order valence-electron chi connectivity index (χ0n) is 12.2. The van der Waals surface area contributed by atoms with Crippen LogP contribution in [0.25, 0.3) is 0 Å². The minimum absolute atomic E-state index is 0.120. The van der Waals surface area contributed by atoms with Gasteiger partial charge in [0.2, 0.25) is 0 Å². The van der Waals surface area contributed by atoms with E-state index in [1.54, 1.807) is 13.2 Å². The van der Waals surface area contributed by atoms with E-state index in [1.165, 1.54) is 4.68 Å². The second kappa shape index (κ2) is 5.55. The predicted octanol–water partition coefficient (Wildman–Crippen LogP) is 1.36. The molecule has 3 rings (SSSR count). The fraction of sp³-hybridized carbons (Fsp3) is 0.400. The third-order valence-corrected chi connectivity index (χ3v) is 3.51. The van der Waals surface area contributed by atoms with Crippen molar-refractivity contribution < 1.29 is 4.74 Å². The highest BCUT2D eigenvalue weighted by Gasteiger charge is 2.13. The Labute approximate surface area is 122 Å². The van der Waals surface area contributed by atoms with Gasteiger partial charge in [0, 0.05) is 30.4 Å². The molecule has 0 fully saturated rings. The largest absolute Gasteiger partial charge is 0.497 e. The van der Waals surface area contributed by atoms with Gasteiger partial charge in [-0.2, -0.15) is 5.10 Å². The van der Waals surface area contributed by atoms with Crippen LogP contribution in [-0.2, 0) is 13.0 Å². The molecular weight excluding hydrogens is 268 g/mol. The summed E-state index contributed by atoms with van der Waals surface area (Å²) in [6, 6.07) is 5.31. The molecule has 3 heterocycles. The van der Waals surface area contributed by atoms with E-state index in [1.807, 2.05) is 19.1 Å². The molecule has 0 spiro atoms. The Hall–Kier alpha value is -2.37. The van der Waals surface area contributed by atoms with E-state index < -0.39 is 0 Å². The number of nitrogens with one attached hydrogen (secondary N) is 1. The molecule has 0 atom stereocenters. The Morgan fingerprint density at radius 3 is 3.05 bits per heavy atom. The lowest BCUT2D eigenvalue weighted by Crippen LogP contribution is -2.27. The third-order valence-electron chi connectivity index (χ3n) is 3.51. The average molecular weight is 286 g/mol. The molecule has 21 heavy (non-hydrogen) atoms. The minimum Gasteiger partial charge on any atom is -0.497 e. The number of ether oxygens (including phenoxy) is 1. The number of fused-ring (bicyclic) bond motifs is 1. The number of nitrogens with zero attached hydrogens (tertiary/aromatic N) is 3. The summed E-state index contributed by atoms with van der Waals surface area (Å²) in [5.74, 6) is 0.741. The number of rotatable bonds is 3. The van der Waals surface area contributed by atoms with Crippen LogP contribution in [0.2, 0.25) is 0 Å². The van der Waals surface area contributed by atoms with Gasteiger partial charge in [-0.05, 0) is 19.8 Å². The van der Waals surface area contributed by atoms with E-state index in [4.69, 9.17) is 4.74 Å². The number of pyridine rings is 1. The van der Waals surface area contributed by atoms with Gasteiger partial charge in [0.15, 0.2) is 0 Å². The molecule has 0 aliphatic carbocycles. The van der Waals surface area contributed by atoms with Crippen molar-refractivity contribution in [3.8, 4) is 5.75 Å². The molecule has 0 saturated heterocycles. The van der Waals surface area contributed by atoms with Crippen LogP contribution >= 0.6 is 0 Å². The average Bonchev–Trinajstić information content (AvgIpc) is 2.47. The summed E-state index contributed by atoms with van der Waals surface area (Å²) in [4.78, 5) is 16.6. The Kier molecular flexibility index (Phi) is 3.60. The van der Waals surface area contributed by atoms with Crippen molar-refractivity contribution in [2.45, 2.75) is 26.3 Å². The van der Waals surface area contributed by atoms with Gasteiger partial charge >= 0.3 is 0 Å². The van der Waals surface area contributed by atoms with E-state index >= 15 is 0 Å². The summed E-state index contributed by atoms with van der Waals surface area (Å²) in [5.41, 5.74) is 3.31. The Balaban J connectivity index is 1.94. The van der Waals surface area contributed by atoms with E-state index in [9.17, 15) is 4.79 Å². The van der Waals surface area contributed by atoms with Crippen molar-refractivity contribution in [3.05, 3.63) is 45.6 Å². The second-order valence-corrected chi connectivity index (χ2v) is 5.17. The van der Waals surface area contributed by atoms with Crippen LogP contribution in [0.15, 0.2) is 23.0 Å². The van der Waals surface area contributed by atoms with E-state index in [0.717, 1.165) is 47.9 Å². The quantitative estimate of drug-likeness (QED) is 0.922. The molecule has 0 bridgehead atoms. The number of hydrogen-bond donors (Lipinski definition) is 1. The van der Waals surface area contributed by atoms with Crippen LogP contribution in [0.5, 0.6) is 5.75 Å². The van der Waals surface area contributed by atoms with E-state index in [-0.39, 0.29) is 5.56 Å².